The predicted molar refractivity (Wildman–Crippen MR) is 271 cm³/mol. The highest BCUT2D eigenvalue weighted by atomic mass is 16.4. The van der Waals surface area contributed by atoms with Gasteiger partial charge < -0.3 is 35.7 Å². The monoisotopic (exact) mass is 965 g/mol. The lowest BCUT2D eigenvalue weighted by Gasteiger charge is -2.63. The van der Waals surface area contributed by atoms with Gasteiger partial charge in [0.2, 0.25) is 11.8 Å². The predicted octanol–water partition coefficient (Wildman–Crippen LogP) is 9.06. The third kappa shape index (κ3) is 9.06. The topological polar surface area (TPSA) is 185 Å². The summed E-state index contributed by atoms with van der Waals surface area (Å²) in [6, 6.07) is 7.59. The van der Waals surface area contributed by atoms with E-state index in [0.29, 0.717) is 49.9 Å². The number of benzene rings is 1. The largest absolute Gasteiger partial charge is 0.480 e. The van der Waals surface area contributed by atoms with Gasteiger partial charge in [-0.1, -0.05) is 65.2 Å². The van der Waals surface area contributed by atoms with Crippen LogP contribution >= 0.6 is 0 Å². The number of aliphatic carboxylic acids is 1. The standard InChI is InChI=1S/C31H37NO3.C28H47NO6/c1-5-16-31(35)17-15-27-25-13-9-21-18-23(33)12-14-24(21)29(25)26(19-30(27,31)3)20-7-10-22(11-8-20)32(4)28(34)6-2;1-5-21(26(34)35)29-24(33)9-6-15(2)18-7-8-19-25-20(14-23(32)28(18,19)4)27(3)11-10-17(30)12-16(27)13-22(25)31/h7-8,10-11,18,25-27,35H,6,9,12-15,17,19H2,1-4H3;15-23,25,30-32H,5-14H2,1-4H3,(H,29,33)(H,34,35)/t25?,26-,27?,30+,31+;15-,16+,17-,18-,19?,20?,21+,22-,23+,25?,27+,28-/m11/s1. The molecule has 0 heterocycles. The Bertz CT molecular complexity index is 2290. The zero-order valence-corrected chi connectivity index (χ0v) is 43.4. The van der Waals surface area contributed by atoms with Crippen molar-refractivity contribution < 1.29 is 44.7 Å². The van der Waals surface area contributed by atoms with Crippen molar-refractivity contribution in [1.29, 1.82) is 0 Å². The highest BCUT2D eigenvalue weighted by molar-refractivity contribution is 5.93. The highest BCUT2D eigenvalue weighted by Gasteiger charge is 2.66. The smallest absolute Gasteiger partial charge is 0.326 e. The first-order valence-corrected chi connectivity index (χ1v) is 27.2. The molecule has 11 heteroatoms. The number of anilines is 1. The van der Waals surface area contributed by atoms with E-state index < -0.39 is 23.7 Å². The number of fused-ring (bicyclic) bond motifs is 9. The average Bonchev–Trinajstić information content (AvgIpc) is 3.83. The number of aliphatic hydroxyl groups is 4. The zero-order valence-electron chi connectivity index (χ0n) is 43.4. The second-order valence-electron chi connectivity index (χ2n) is 24.1. The second-order valence-corrected chi connectivity index (χ2v) is 24.1. The van der Waals surface area contributed by atoms with Crippen LogP contribution < -0.4 is 10.2 Å². The van der Waals surface area contributed by atoms with Gasteiger partial charge in [-0.15, -0.1) is 5.92 Å². The maximum Gasteiger partial charge on any atom is 0.326 e. The van der Waals surface area contributed by atoms with E-state index in [2.05, 4.69) is 57.0 Å². The van der Waals surface area contributed by atoms with Gasteiger partial charge in [-0.25, -0.2) is 4.79 Å². The van der Waals surface area contributed by atoms with Crippen LogP contribution in [0.1, 0.15) is 176 Å². The molecule has 9 rings (SSSR count). The fraction of sp³-hybridized carbons (Fsp3) is 0.729. The normalized spacial score (nSPS) is 40.1. The third-order valence-electron chi connectivity index (χ3n) is 21.0. The van der Waals surface area contributed by atoms with Gasteiger partial charge in [0.05, 0.1) is 18.3 Å². The van der Waals surface area contributed by atoms with E-state index in [1.807, 2.05) is 39.1 Å². The summed E-state index contributed by atoms with van der Waals surface area (Å²) in [4.78, 5) is 49.8. The molecule has 6 fully saturated rings. The van der Waals surface area contributed by atoms with Crippen LogP contribution in [0.5, 0.6) is 0 Å². The minimum absolute atomic E-state index is 0.0627. The lowest BCUT2D eigenvalue weighted by Crippen LogP contribution is -2.62. The molecular weight excluding hydrogens is 881 g/mol. The van der Waals surface area contributed by atoms with Crippen molar-refractivity contribution in [1.82, 2.24) is 5.32 Å². The number of hydrogen-bond acceptors (Lipinski definition) is 8. The van der Waals surface area contributed by atoms with Gasteiger partial charge in [-0.05, 0) is 196 Å². The number of hydrogen-bond donors (Lipinski definition) is 6. The second kappa shape index (κ2) is 20.2. The summed E-state index contributed by atoms with van der Waals surface area (Å²) < 4.78 is 0. The first-order chi connectivity index (χ1) is 33.1. The highest BCUT2D eigenvalue weighted by Crippen LogP contribution is 2.69. The van der Waals surface area contributed by atoms with Crippen LogP contribution in [0.15, 0.2) is 47.1 Å². The van der Waals surface area contributed by atoms with Crippen LogP contribution in [0, 0.1) is 75.4 Å². The number of rotatable bonds is 10. The molecule has 0 bridgehead atoms. The molecule has 8 aliphatic rings. The lowest BCUT2D eigenvalue weighted by atomic mass is 9.43. The maximum absolute atomic E-state index is 12.4. The minimum atomic E-state index is -1.01. The number of nitrogens with zero attached hydrogens (tertiary/aromatic N) is 1. The SMILES string of the molecule is CC#C[C@]1(O)CCC2C3CCC4=CC(=O)CCC4=C3[C@@H](c3ccc(N(C)C(=O)CC)cc3)C[C@@]21C.CC[C@H](NC(=O)CC[C@@H](C)[C@H]1CCC2C3C(C[C@H](O)[C@@]21C)[C@@]1(C)CC[C@@H](O)C[C@H]1C[C@H]3O)C(=O)O. The number of carboxylic acids is 1. The van der Waals surface area contributed by atoms with Gasteiger partial charge in [-0.2, -0.15) is 0 Å². The van der Waals surface area contributed by atoms with Gasteiger partial charge in [0.15, 0.2) is 5.78 Å². The summed E-state index contributed by atoms with van der Waals surface area (Å²) in [6.45, 7) is 14.4. The molecule has 6 N–H and O–H groups in total. The van der Waals surface area contributed by atoms with Gasteiger partial charge in [0, 0.05) is 43.3 Å². The molecule has 2 amide bonds. The first-order valence-electron chi connectivity index (χ1n) is 27.2. The quantitative estimate of drug-likeness (QED) is 0.125. The van der Waals surface area contributed by atoms with E-state index in [1.165, 1.54) is 22.3 Å². The Balaban J connectivity index is 0.000000188. The first kappa shape index (κ1) is 52.5. The van der Waals surface area contributed by atoms with Gasteiger partial charge >= 0.3 is 5.97 Å². The van der Waals surface area contributed by atoms with Crippen molar-refractivity contribution in [2.75, 3.05) is 11.9 Å². The van der Waals surface area contributed by atoms with Crippen molar-refractivity contribution in [3.8, 4) is 11.8 Å². The Morgan fingerprint density at radius 2 is 1.63 bits per heavy atom. The Morgan fingerprint density at radius 3 is 2.30 bits per heavy atom. The fourth-order valence-electron chi connectivity index (χ4n) is 17.0. The molecule has 6 saturated carbocycles. The van der Waals surface area contributed by atoms with E-state index in [9.17, 15) is 44.7 Å². The van der Waals surface area contributed by atoms with Crippen LogP contribution in [0.25, 0.3) is 0 Å². The Kier molecular flexibility index (Phi) is 15.2. The molecule has 0 saturated heterocycles. The molecule has 0 spiro atoms. The molecular formula is C59H84N2O9. The molecule has 11 nitrogen and oxygen atoms in total. The van der Waals surface area contributed by atoms with E-state index >= 15 is 0 Å². The molecule has 384 valence electrons. The molecule has 70 heavy (non-hydrogen) atoms. The molecule has 17 atom stereocenters. The number of allylic oxidation sites excluding steroid dienone is 4. The minimum Gasteiger partial charge on any atom is -0.480 e. The number of carboxylic acid groups (broad SMARTS) is 1. The van der Waals surface area contributed by atoms with Gasteiger partial charge in [-0.3, -0.25) is 14.4 Å². The third-order valence-corrected chi connectivity index (χ3v) is 21.0. The lowest BCUT2D eigenvalue weighted by molar-refractivity contribution is -0.207. The van der Waals surface area contributed by atoms with Crippen molar-refractivity contribution in [2.24, 2.45) is 63.6 Å². The van der Waals surface area contributed by atoms with Crippen LogP contribution in [-0.2, 0) is 19.2 Å². The molecule has 0 radical (unpaired) electrons. The number of ketones is 1. The molecule has 8 aliphatic carbocycles. The average molecular weight is 965 g/mol. The molecule has 0 aliphatic heterocycles. The van der Waals surface area contributed by atoms with Crippen LogP contribution in [-0.4, -0.2) is 86.1 Å². The van der Waals surface area contributed by atoms with Crippen molar-refractivity contribution in [3.05, 3.63) is 52.6 Å². The van der Waals surface area contributed by atoms with E-state index in [4.69, 9.17) is 0 Å². The van der Waals surface area contributed by atoms with Crippen molar-refractivity contribution in [3.63, 3.8) is 0 Å². The number of aliphatic hydroxyl groups excluding tert-OH is 3. The van der Waals surface area contributed by atoms with Crippen LogP contribution in [0.2, 0.25) is 0 Å². The fourth-order valence-corrected chi connectivity index (χ4v) is 17.0. The van der Waals surface area contributed by atoms with Gasteiger partial charge in [0.25, 0.3) is 0 Å². The van der Waals surface area contributed by atoms with Crippen LogP contribution in [0.3, 0.4) is 0 Å². The number of nitrogens with one attached hydrogen (secondary N) is 1. The zero-order chi connectivity index (χ0) is 50.7. The Labute approximate surface area is 417 Å². The summed E-state index contributed by atoms with van der Waals surface area (Å²) in [5.74, 6) is 7.87. The molecule has 5 unspecified atom stereocenters. The summed E-state index contributed by atoms with van der Waals surface area (Å²) in [6.07, 6.45) is 14.6. The molecule has 0 aromatic heterocycles. The van der Waals surface area contributed by atoms with Gasteiger partial charge in [0.1, 0.15) is 11.6 Å². The Hall–Kier alpha value is -3.82. The summed E-state index contributed by atoms with van der Waals surface area (Å²) in [7, 11) is 1.83. The summed E-state index contributed by atoms with van der Waals surface area (Å²) in [5.41, 5.74) is 4.82. The van der Waals surface area contributed by atoms with Crippen molar-refractivity contribution >= 4 is 29.3 Å². The molecule has 1 aromatic carbocycles. The van der Waals surface area contributed by atoms with Crippen LogP contribution in [0.4, 0.5) is 5.69 Å². The number of carbonyl (C=O) groups excluding carboxylic acids is 3. The van der Waals surface area contributed by atoms with E-state index in [0.717, 1.165) is 82.7 Å². The Morgan fingerprint density at radius 1 is 0.900 bits per heavy atom. The van der Waals surface area contributed by atoms with Crippen molar-refractivity contribution in [2.45, 2.75) is 200 Å². The maximum atomic E-state index is 12.4. The molecule has 1 aromatic rings. The number of carbonyl (C=O) groups is 4. The van der Waals surface area contributed by atoms with E-state index in [1.54, 1.807) is 11.8 Å². The number of amides is 2. The summed E-state index contributed by atoms with van der Waals surface area (Å²) >= 11 is 0. The van der Waals surface area contributed by atoms with E-state index in [-0.39, 0.29) is 88.0 Å². The summed E-state index contributed by atoms with van der Waals surface area (Å²) in [5, 5.41) is 56.9.